The summed E-state index contributed by atoms with van der Waals surface area (Å²) in [5.74, 6) is 0.588. The van der Waals surface area contributed by atoms with Crippen molar-refractivity contribution >= 4 is 12.2 Å². The molecule has 1 aromatic rings. The summed E-state index contributed by atoms with van der Waals surface area (Å²) in [6.07, 6.45) is 2.29. The number of carbonyl (C=O) groups excluding carboxylic acids is 1. The zero-order valence-electron chi connectivity index (χ0n) is 8.73. The van der Waals surface area contributed by atoms with Crippen molar-refractivity contribution in [3.8, 4) is 0 Å². The van der Waals surface area contributed by atoms with Gasteiger partial charge >= 0.3 is 0 Å². The molecule has 2 rings (SSSR count). The zero-order valence-corrected chi connectivity index (χ0v) is 8.73. The van der Waals surface area contributed by atoms with Crippen molar-refractivity contribution in [2.24, 2.45) is 4.99 Å². The normalized spacial score (nSPS) is 18.1. The number of aromatic nitrogens is 1. The lowest BCUT2D eigenvalue weighted by Gasteiger charge is -2.07. The van der Waals surface area contributed by atoms with Crippen LogP contribution in [0.4, 0.5) is 0 Å². The van der Waals surface area contributed by atoms with E-state index in [2.05, 4.69) is 9.98 Å². The third kappa shape index (κ3) is 2.03. The van der Waals surface area contributed by atoms with Gasteiger partial charge < -0.3 is 4.74 Å². The average Bonchev–Trinajstić information content (AvgIpc) is 2.59. The number of hydrogen-bond acceptors (Lipinski definition) is 4. The summed E-state index contributed by atoms with van der Waals surface area (Å²) in [5.41, 5.74) is 1.01. The summed E-state index contributed by atoms with van der Waals surface area (Å²) in [7, 11) is 0. The molecule has 0 unspecified atom stereocenters. The van der Waals surface area contributed by atoms with E-state index in [1.165, 1.54) is 0 Å². The monoisotopic (exact) mass is 204 g/mol. The summed E-state index contributed by atoms with van der Waals surface area (Å²) in [5, 5.41) is 0. The Labute approximate surface area is 88.0 Å². The Balaban J connectivity index is 2.35. The van der Waals surface area contributed by atoms with Crippen LogP contribution in [-0.4, -0.2) is 29.3 Å². The molecule has 0 saturated heterocycles. The van der Waals surface area contributed by atoms with Crippen LogP contribution in [0.5, 0.6) is 0 Å². The van der Waals surface area contributed by atoms with Gasteiger partial charge in [-0.05, 0) is 26.0 Å². The highest BCUT2D eigenvalue weighted by atomic mass is 16.5. The second kappa shape index (κ2) is 3.46. The highest BCUT2D eigenvalue weighted by Gasteiger charge is 2.26. The fourth-order valence-corrected chi connectivity index (χ4v) is 1.38. The van der Waals surface area contributed by atoms with E-state index in [1.54, 1.807) is 18.3 Å². The Morgan fingerprint density at radius 1 is 1.53 bits per heavy atom. The molecule has 0 bridgehead atoms. The third-order valence-corrected chi connectivity index (χ3v) is 2.12. The molecule has 0 aliphatic carbocycles. The molecule has 2 heterocycles. The predicted octanol–water partition coefficient (Wildman–Crippen LogP) is 1.45. The second-order valence-corrected chi connectivity index (χ2v) is 4.11. The third-order valence-electron chi connectivity index (χ3n) is 2.12. The molecule has 0 amide bonds. The Hall–Kier alpha value is -1.71. The van der Waals surface area contributed by atoms with Gasteiger partial charge in [0.25, 0.3) is 0 Å². The quantitative estimate of drug-likeness (QED) is 0.685. The molecule has 0 atom stereocenters. The number of aldehydes is 1. The zero-order chi connectivity index (χ0) is 10.9. The lowest BCUT2D eigenvalue weighted by molar-refractivity contribution is 0.111. The van der Waals surface area contributed by atoms with Gasteiger partial charge in [-0.25, -0.2) is 4.99 Å². The van der Waals surface area contributed by atoms with Gasteiger partial charge in [0.05, 0.1) is 5.54 Å². The minimum atomic E-state index is -0.181. The van der Waals surface area contributed by atoms with Gasteiger partial charge in [0, 0.05) is 11.8 Å². The Bertz CT molecular complexity index is 424. The van der Waals surface area contributed by atoms with Crippen molar-refractivity contribution < 1.29 is 9.53 Å². The lowest BCUT2D eigenvalue weighted by Crippen LogP contribution is -2.17. The molecule has 78 valence electrons. The fraction of sp³-hybridized carbons (Fsp3) is 0.364. The van der Waals surface area contributed by atoms with Gasteiger partial charge in [-0.3, -0.25) is 9.78 Å². The minimum absolute atomic E-state index is 0.181. The summed E-state index contributed by atoms with van der Waals surface area (Å²) in [6.45, 7) is 4.57. The van der Waals surface area contributed by atoms with E-state index in [1.807, 2.05) is 13.8 Å². The standard InChI is InChI=1S/C11H12N2O2/c1-11(2)7-15-10(13-11)8-3-4-12-9(5-8)6-14/h3-6H,7H2,1-2H3. The van der Waals surface area contributed by atoms with Gasteiger partial charge in [-0.1, -0.05) is 0 Å². The summed E-state index contributed by atoms with van der Waals surface area (Å²) >= 11 is 0. The van der Waals surface area contributed by atoms with Crippen LogP contribution in [0, 0.1) is 0 Å². The molecule has 0 fully saturated rings. The maximum atomic E-state index is 10.6. The highest BCUT2D eigenvalue weighted by molar-refractivity contribution is 5.96. The maximum Gasteiger partial charge on any atom is 0.216 e. The number of carbonyl (C=O) groups is 1. The number of pyridine rings is 1. The van der Waals surface area contributed by atoms with E-state index >= 15 is 0 Å². The number of aliphatic imine (C=N–C) groups is 1. The van der Waals surface area contributed by atoms with Crippen LogP contribution < -0.4 is 0 Å². The molecule has 0 saturated carbocycles. The Morgan fingerprint density at radius 2 is 2.33 bits per heavy atom. The number of rotatable bonds is 2. The van der Waals surface area contributed by atoms with Gasteiger partial charge in [0.15, 0.2) is 6.29 Å². The Kier molecular flexibility index (Phi) is 2.26. The van der Waals surface area contributed by atoms with Crippen molar-refractivity contribution in [3.05, 3.63) is 29.6 Å². The lowest BCUT2D eigenvalue weighted by atomic mass is 10.1. The van der Waals surface area contributed by atoms with Crippen molar-refractivity contribution in [1.82, 2.24) is 4.98 Å². The van der Waals surface area contributed by atoms with Crippen LogP contribution in [0.15, 0.2) is 23.3 Å². The van der Waals surface area contributed by atoms with E-state index in [0.717, 1.165) is 5.56 Å². The van der Waals surface area contributed by atoms with Crippen LogP contribution in [0.3, 0.4) is 0 Å². The van der Waals surface area contributed by atoms with E-state index in [0.29, 0.717) is 24.5 Å². The van der Waals surface area contributed by atoms with Crippen molar-refractivity contribution in [2.75, 3.05) is 6.61 Å². The van der Waals surface area contributed by atoms with E-state index in [-0.39, 0.29) is 5.54 Å². The molecule has 15 heavy (non-hydrogen) atoms. The van der Waals surface area contributed by atoms with Crippen LogP contribution in [0.2, 0.25) is 0 Å². The fourth-order valence-electron chi connectivity index (χ4n) is 1.38. The topological polar surface area (TPSA) is 51.5 Å². The van der Waals surface area contributed by atoms with Crippen LogP contribution in [0.25, 0.3) is 0 Å². The van der Waals surface area contributed by atoms with Gasteiger partial charge in [0.1, 0.15) is 12.3 Å². The average molecular weight is 204 g/mol. The van der Waals surface area contributed by atoms with Gasteiger partial charge in [-0.2, -0.15) is 0 Å². The molecule has 1 aromatic heterocycles. The van der Waals surface area contributed by atoms with E-state index < -0.39 is 0 Å². The second-order valence-electron chi connectivity index (χ2n) is 4.11. The van der Waals surface area contributed by atoms with Crippen molar-refractivity contribution in [3.63, 3.8) is 0 Å². The summed E-state index contributed by atoms with van der Waals surface area (Å²) in [4.78, 5) is 18.9. The number of nitrogens with zero attached hydrogens (tertiary/aromatic N) is 2. The Morgan fingerprint density at radius 3 is 2.93 bits per heavy atom. The van der Waals surface area contributed by atoms with Crippen molar-refractivity contribution in [2.45, 2.75) is 19.4 Å². The predicted molar refractivity (Wildman–Crippen MR) is 56.2 cm³/mol. The first-order valence-electron chi connectivity index (χ1n) is 4.75. The number of hydrogen-bond donors (Lipinski definition) is 0. The van der Waals surface area contributed by atoms with E-state index in [4.69, 9.17) is 4.74 Å². The van der Waals surface area contributed by atoms with Crippen LogP contribution >= 0.6 is 0 Å². The van der Waals surface area contributed by atoms with Crippen LogP contribution in [-0.2, 0) is 4.74 Å². The number of ether oxygens (including phenoxy) is 1. The first-order valence-corrected chi connectivity index (χ1v) is 4.75. The molecule has 1 aliphatic rings. The largest absolute Gasteiger partial charge is 0.475 e. The first kappa shape index (κ1) is 9.83. The van der Waals surface area contributed by atoms with Gasteiger partial charge in [-0.15, -0.1) is 0 Å². The van der Waals surface area contributed by atoms with Crippen molar-refractivity contribution in [1.29, 1.82) is 0 Å². The molecule has 0 spiro atoms. The molecule has 0 N–H and O–H groups in total. The molecule has 1 aliphatic heterocycles. The van der Waals surface area contributed by atoms with E-state index in [9.17, 15) is 4.79 Å². The highest BCUT2D eigenvalue weighted by Crippen LogP contribution is 2.20. The molecular formula is C11H12N2O2. The SMILES string of the molecule is CC1(C)COC(c2ccnc(C=O)c2)=N1. The molecular weight excluding hydrogens is 192 g/mol. The molecule has 4 nitrogen and oxygen atoms in total. The molecule has 0 radical (unpaired) electrons. The maximum absolute atomic E-state index is 10.6. The molecule has 0 aromatic carbocycles. The molecule has 4 heteroatoms. The summed E-state index contributed by atoms with van der Waals surface area (Å²) < 4.78 is 5.46. The van der Waals surface area contributed by atoms with Crippen LogP contribution in [0.1, 0.15) is 29.9 Å². The minimum Gasteiger partial charge on any atom is -0.475 e. The smallest absolute Gasteiger partial charge is 0.216 e. The summed E-state index contributed by atoms with van der Waals surface area (Å²) in [6, 6.07) is 3.46. The first-order chi connectivity index (χ1) is 7.11. The van der Waals surface area contributed by atoms with Gasteiger partial charge in [0.2, 0.25) is 5.90 Å².